The van der Waals surface area contributed by atoms with Crippen molar-refractivity contribution in [2.24, 2.45) is 0 Å². The molecule has 0 saturated heterocycles. The Balaban J connectivity index is 0.00000131. The molecule has 0 saturated carbocycles. The second-order valence-corrected chi connectivity index (χ2v) is 15.2. The summed E-state index contributed by atoms with van der Waals surface area (Å²) in [6.07, 6.45) is 9.63. The average Bonchev–Trinajstić information content (AvgIpc) is 2.97. The monoisotopic (exact) mass is 467 g/mol. The van der Waals surface area contributed by atoms with Crippen LogP contribution in [-0.2, 0) is 16.8 Å². The predicted octanol–water partition coefficient (Wildman–Crippen LogP) is -1.12. The van der Waals surface area contributed by atoms with Gasteiger partial charge in [0, 0.05) is 0 Å². The van der Waals surface area contributed by atoms with E-state index in [-0.39, 0.29) is 41.3 Å². The van der Waals surface area contributed by atoms with Crippen molar-refractivity contribution < 1.29 is 41.7 Å². The standard InChI is InChI=1S/C17H11.C4H10N.2CH3.2ClH.H4Si.Ti/c1-2-6-14-12(4-1)8-10-17-15-7-3-5-13(15)9-11-16(14)17;1-4(2,3)5;;;;;;/h1-2,4-11,15H;5H,1-3H3;2*1H3;2*1H;1H4;/q;-1;;;;;;+3/p-2. The van der Waals surface area contributed by atoms with Gasteiger partial charge in [0.15, 0.2) is 0 Å². The Bertz CT molecular complexity index is 955. The number of hydrogen-bond donors (Lipinski definition) is 1. The molecule has 0 aromatic heterocycles. The predicted molar refractivity (Wildman–Crippen MR) is 118 cm³/mol. The van der Waals surface area contributed by atoms with Crippen LogP contribution in [0.25, 0.3) is 16.8 Å². The summed E-state index contributed by atoms with van der Waals surface area (Å²) in [6.45, 7) is 6.82. The van der Waals surface area contributed by atoms with Crippen molar-refractivity contribution in [3.8, 4) is 0 Å². The van der Waals surface area contributed by atoms with Gasteiger partial charge >= 0.3 is 155 Å². The van der Waals surface area contributed by atoms with E-state index in [1.54, 1.807) is 3.88 Å². The first-order valence-electron chi connectivity index (χ1n) is 9.18. The second-order valence-electron chi connectivity index (χ2n) is 8.87. The van der Waals surface area contributed by atoms with Crippen LogP contribution >= 0.6 is 0 Å². The molecule has 1 nitrogen and oxygen atoms in total. The maximum Gasteiger partial charge on any atom is -0.0149 e. The topological polar surface area (TPSA) is 12.0 Å². The summed E-state index contributed by atoms with van der Waals surface area (Å²) in [6, 6.07) is 13.3. The van der Waals surface area contributed by atoms with Crippen LogP contribution in [0, 0.1) is 0 Å². The van der Waals surface area contributed by atoms with Gasteiger partial charge in [-0.2, -0.15) is 0 Å². The molecular weight excluding hydrogens is 437 g/mol. The molecular formula is C23H31Cl2NSiTi. The summed E-state index contributed by atoms with van der Waals surface area (Å²) in [7, 11) is 0. The Kier molecular flexibility index (Phi) is 8.21. The first-order chi connectivity index (χ1) is 11.7. The van der Waals surface area contributed by atoms with E-state index in [0.717, 1.165) is 0 Å². The maximum absolute atomic E-state index is 3.95. The smallest absolute Gasteiger partial charge is 0.0149 e. The molecule has 2 aliphatic carbocycles. The van der Waals surface area contributed by atoms with Gasteiger partial charge in [-0.25, -0.2) is 0 Å². The van der Waals surface area contributed by atoms with E-state index in [2.05, 4.69) is 95.7 Å². The fourth-order valence-corrected chi connectivity index (χ4v) is 9.25. The van der Waals surface area contributed by atoms with E-state index < -0.39 is 16.8 Å². The third-order valence-electron chi connectivity index (χ3n) is 5.22. The van der Waals surface area contributed by atoms with Crippen molar-refractivity contribution in [1.29, 1.82) is 0 Å². The zero-order valence-corrected chi connectivity index (χ0v) is 19.7. The molecule has 0 heterocycles. The van der Waals surface area contributed by atoms with Crippen molar-refractivity contribution in [2.45, 2.75) is 42.7 Å². The van der Waals surface area contributed by atoms with E-state index in [9.17, 15) is 0 Å². The van der Waals surface area contributed by atoms with Gasteiger partial charge in [-0.15, -0.1) is 0 Å². The fraction of sp³-hybridized carbons (Fsp3) is 0.304. The minimum atomic E-state index is -2.24. The number of fused-ring (bicyclic) bond motifs is 5. The molecule has 2 aliphatic rings. The molecule has 0 bridgehead atoms. The molecule has 5 heteroatoms. The summed E-state index contributed by atoms with van der Waals surface area (Å²) in [5, 5.41) is 7.63. The molecule has 0 amide bonds. The molecule has 28 heavy (non-hydrogen) atoms. The van der Waals surface area contributed by atoms with Crippen LogP contribution in [0.5, 0.6) is 0 Å². The Labute approximate surface area is 190 Å². The summed E-state index contributed by atoms with van der Waals surface area (Å²) in [5.41, 5.74) is 4.47. The summed E-state index contributed by atoms with van der Waals surface area (Å²) in [4.78, 5) is 0. The van der Waals surface area contributed by atoms with Gasteiger partial charge in [0.1, 0.15) is 0 Å². The van der Waals surface area contributed by atoms with Gasteiger partial charge in [0.05, 0.1) is 0 Å². The third kappa shape index (κ3) is 4.75. The van der Waals surface area contributed by atoms with Crippen LogP contribution in [0.1, 0.15) is 37.8 Å². The molecule has 1 unspecified atom stereocenters. The van der Waals surface area contributed by atoms with Crippen LogP contribution in [0.2, 0.25) is 10.5 Å². The minimum absolute atomic E-state index is 0. The third-order valence-corrected chi connectivity index (χ3v) is 10.1. The van der Waals surface area contributed by atoms with Gasteiger partial charge in [-0.1, -0.05) is 0 Å². The Morgan fingerprint density at radius 2 is 1.61 bits per heavy atom. The van der Waals surface area contributed by atoms with Crippen molar-refractivity contribution >= 4 is 27.8 Å². The molecule has 150 valence electrons. The summed E-state index contributed by atoms with van der Waals surface area (Å²) < 4.78 is 5.52. The van der Waals surface area contributed by atoms with E-state index in [4.69, 9.17) is 0 Å². The largest absolute Gasteiger partial charge is 1.00 e. The van der Waals surface area contributed by atoms with Crippen LogP contribution in [0.15, 0.2) is 64.1 Å². The molecule has 0 aliphatic heterocycles. The number of nitrogens with one attached hydrogen (secondary N) is 1. The van der Waals surface area contributed by atoms with Crippen molar-refractivity contribution in [3.63, 3.8) is 0 Å². The Morgan fingerprint density at radius 3 is 2.29 bits per heavy atom. The zero-order chi connectivity index (χ0) is 17.8. The van der Waals surface area contributed by atoms with Gasteiger partial charge in [0.2, 0.25) is 0 Å². The van der Waals surface area contributed by atoms with Gasteiger partial charge in [-0.05, 0) is 11.0 Å². The average molecular weight is 468 g/mol. The van der Waals surface area contributed by atoms with Gasteiger partial charge in [0.25, 0.3) is 0 Å². The van der Waals surface area contributed by atoms with Gasteiger partial charge in [-0.3, -0.25) is 0 Å². The Hall–Kier alpha value is -0.609. The molecule has 2 aromatic carbocycles. The van der Waals surface area contributed by atoms with Crippen LogP contribution < -0.4 is 28.6 Å². The SMILES string of the molecule is CC(C)(C)[NH][Ti+2]([CH3])([CH3])[C]1=CC2C(=C1)C=Cc1c2ccc2ccccc12.[Cl-].[Cl-].[SiH4]. The number of allylic oxidation sites excluding steroid dienone is 5. The normalized spacial score (nSPS) is 16.8. The van der Waals surface area contributed by atoms with E-state index in [1.165, 1.54) is 27.5 Å². The van der Waals surface area contributed by atoms with Crippen LogP contribution in [0.3, 0.4) is 0 Å². The summed E-state index contributed by atoms with van der Waals surface area (Å²) in [5.74, 6) is 0.422. The van der Waals surface area contributed by atoms with Crippen LogP contribution in [-0.4, -0.2) is 16.5 Å². The molecule has 1 atom stereocenters. The zero-order valence-electron chi connectivity index (χ0n) is 16.6. The number of benzene rings is 2. The summed E-state index contributed by atoms with van der Waals surface area (Å²) >= 11 is -2.24. The maximum atomic E-state index is 3.95. The first-order valence-corrected chi connectivity index (χ1v) is 13.9. The number of halogens is 2. The molecule has 0 fully saturated rings. The fourth-order valence-electron chi connectivity index (χ4n) is 4.36. The van der Waals surface area contributed by atoms with E-state index in [0.29, 0.717) is 5.92 Å². The molecule has 1 N–H and O–H groups in total. The molecule has 2 aromatic rings. The number of hydrogen-bond acceptors (Lipinski definition) is 1. The molecule has 4 rings (SSSR count). The quantitative estimate of drug-likeness (QED) is 0.552. The molecule has 0 spiro atoms. The van der Waals surface area contributed by atoms with Crippen molar-refractivity contribution in [3.05, 3.63) is 75.2 Å². The van der Waals surface area contributed by atoms with Crippen molar-refractivity contribution in [1.82, 2.24) is 3.80 Å². The van der Waals surface area contributed by atoms with Crippen LogP contribution in [0.4, 0.5) is 0 Å². The van der Waals surface area contributed by atoms with E-state index >= 15 is 0 Å². The second kappa shape index (κ2) is 9.04. The minimum Gasteiger partial charge on any atom is -1.00 e. The molecule has 0 radical (unpaired) electrons. The van der Waals surface area contributed by atoms with Gasteiger partial charge < -0.3 is 24.8 Å². The van der Waals surface area contributed by atoms with Crippen molar-refractivity contribution in [2.75, 3.05) is 0 Å². The van der Waals surface area contributed by atoms with E-state index in [1.807, 2.05) is 0 Å². The Morgan fingerprint density at radius 1 is 0.929 bits per heavy atom. The first kappa shape index (κ1) is 25.4. The number of rotatable bonds is 2.